The van der Waals surface area contributed by atoms with E-state index in [2.05, 4.69) is 5.32 Å². The molecule has 0 saturated carbocycles. The van der Waals surface area contributed by atoms with Crippen LogP contribution in [0.5, 0.6) is 0 Å². The van der Waals surface area contributed by atoms with E-state index in [1.807, 2.05) is 6.26 Å². The van der Waals surface area contributed by atoms with Crippen LogP contribution in [0.2, 0.25) is 10.0 Å². The Morgan fingerprint density at radius 1 is 1.32 bits per heavy atom. The van der Waals surface area contributed by atoms with Gasteiger partial charge in [0, 0.05) is 11.4 Å². The van der Waals surface area contributed by atoms with Gasteiger partial charge in [-0.1, -0.05) is 23.2 Å². The monoisotopic (exact) mass is 342 g/mol. The number of carbonyl (C=O) groups is 1. The van der Waals surface area contributed by atoms with E-state index in [1.54, 1.807) is 12.1 Å². The highest BCUT2D eigenvalue weighted by Crippen LogP contribution is 2.31. The van der Waals surface area contributed by atoms with Gasteiger partial charge >= 0.3 is 0 Å². The molecule has 0 spiro atoms. The highest BCUT2D eigenvalue weighted by molar-refractivity contribution is 7.98. The molecule has 108 valence electrons. The first-order chi connectivity index (χ1) is 8.60. The van der Waals surface area contributed by atoms with Gasteiger partial charge in [0.1, 0.15) is 0 Å². The first-order valence-corrected chi connectivity index (χ1v) is 7.59. The van der Waals surface area contributed by atoms with Gasteiger partial charge in [-0.2, -0.15) is 0 Å². The normalized spacial score (nSPS) is 9.89. The van der Waals surface area contributed by atoms with E-state index in [0.717, 1.165) is 17.7 Å². The van der Waals surface area contributed by atoms with Gasteiger partial charge in [-0.3, -0.25) is 4.79 Å². The van der Waals surface area contributed by atoms with E-state index in [0.29, 0.717) is 28.7 Å². The molecule has 0 fully saturated rings. The zero-order valence-electron chi connectivity index (χ0n) is 10.5. The Kier molecular flexibility index (Phi) is 9.66. The van der Waals surface area contributed by atoms with Crippen LogP contribution in [0.15, 0.2) is 17.0 Å². The zero-order chi connectivity index (χ0) is 13.5. The van der Waals surface area contributed by atoms with E-state index in [1.165, 1.54) is 11.8 Å². The molecule has 0 aromatic heterocycles. The zero-order valence-corrected chi connectivity index (χ0v) is 13.7. The molecule has 1 aromatic carbocycles. The summed E-state index contributed by atoms with van der Waals surface area (Å²) < 4.78 is 0. The third-order valence-electron chi connectivity index (χ3n) is 2.40. The van der Waals surface area contributed by atoms with Gasteiger partial charge in [0.15, 0.2) is 0 Å². The summed E-state index contributed by atoms with van der Waals surface area (Å²) in [6.45, 7) is 1.23. The Morgan fingerprint density at radius 2 is 2.00 bits per heavy atom. The molecule has 3 nitrogen and oxygen atoms in total. The summed E-state index contributed by atoms with van der Waals surface area (Å²) in [4.78, 5) is 12.8. The van der Waals surface area contributed by atoms with Gasteiger partial charge in [-0.25, -0.2) is 0 Å². The maximum Gasteiger partial charge on any atom is 0.252 e. The van der Waals surface area contributed by atoms with E-state index in [4.69, 9.17) is 28.9 Å². The summed E-state index contributed by atoms with van der Waals surface area (Å²) >= 11 is 13.5. The van der Waals surface area contributed by atoms with Crippen LogP contribution < -0.4 is 11.1 Å². The Balaban J connectivity index is 0.00000324. The predicted molar refractivity (Wildman–Crippen MR) is 86.1 cm³/mol. The third-order valence-corrected chi connectivity index (χ3v) is 3.92. The number of amides is 1. The Hall–Kier alpha value is -0.130. The van der Waals surface area contributed by atoms with Gasteiger partial charge in [0.2, 0.25) is 0 Å². The number of halogens is 3. The number of nitrogens with two attached hydrogens (primary N) is 1. The molecule has 0 atom stereocenters. The molecule has 1 rings (SSSR count). The molecule has 3 N–H and O–H groups in total. The molecule has 0 bridgehead atoms. The number of hydrogen-bond acceptors (Lipinski definition) is 3. The second-order valence-corrected chi connectivity index (χ2v) is 5.38. The third kappa shape index (κ3) is 5.79. The van der Waals surface area contributed by atoms with Gasteiger partial charge in [0.05, 0.1) is 15.6 Å². The Morgan fingerprint density at radius 3 is 2.58 bits per heavy atom. The number of hydrogen-bond donors (Lipinski definition) is 2. The second-order valence-electron chi connectivity index (χ2n) is 3.72. The molecule has 0 aliphatic heterocycles. The maximum absolute atomic E-state index is 11.9. The van der Waals surface area contributed by atoms with Gasteiger partial charge in [-0.05, 0) is 37.8 Å². The fourth-order valence-corrected chi connectivity index (χ4v) is 2.62. The van der Waals surface area contributed by atoms with Crippen molar-refractivity contribution in [1.82, 2.24) is 5.32 Å². The van der Waals surface area contributed by atoms with Crippen molar-refractivity contribution in [3.63, 3.8) is 0 Å². The van der Waals surface area contributed by atoms with E-state index < -0.39 is 0 Å². The summed E-state index contributed by atoms with van der Waals surface area (Å²) in [6, 6.07) is 3.32. The van der Waals surface area contributed by atoms with E-state index >= 15 is 0 Å². The molecular formula is C12H17Cl3N2OS. The lowest BCUT2D eigenvalue weighted by atomic mass is 10.2. The predicted octanol–water partition coefficient (Wildman–Crippen LogP) is 3.61. The van der Waals surface area contributed by atoms with Crippen LogP contribution in [0.3, 0.4) is 0 Å². The number of carbonyl (C=O) groups excluding carboxylic acids is 1. The molecule has 0 unspecified atom stereocenters. The van der Waals surface area contributed by atoms with Crippen molar-refractivity contribution in [3.8, 4) is 0 Å². The quantitative estimate of drug-likeness (QED) is 0.613. The van der Waals surface area contributed by atoms with Gasteiger partial charge < -0.3 is 11.1 Å². The number of rotatable bonds is 6. The molecule has 0 radical (unpaired) electrons. The summed E-state index contributed by atoms with van der Waals surface area (Å²) in [5.74, 6) is -0.177. The molecule has 1 aromatic rings. The van der Waals surface area contributed by atoms with E-state index in [-0.39, 0.29) is 18.3 Å². The van der Waals surface area contributed by atoms with Crippen LogP contribution >= 0.6 is 47.4 Å². The molecule has 0 saturated heterocycles. The molecule has 1 amide bonds. The van der Waals surface area contributed by atoms with Crippen LogP contribution in [-0.2, 0) is 0 Å². The highest BCUT2D eigenvalue weighted by atomic mass is 35.5. The number of unbranched alkanes of at least 4 members (excludes halogenated alkanes) is 1. The largest absolute Gasteiger partial charge is 0.352 e. The molecule has 0 aliphatic carbocycles. The standard InChI is InChI=1S/C12H16Cl2N2OS.ClH/c1-18-11-6-8(9(13)7-10(11)14)12(17)16-5-3-2-4-15;/h6-7H,2-5,15H2,1H3,(H,16,17);1H. The SMILES string of the molecule is CSc1cc(C(=O)NCCCCN)c(Cl)cc1Cl.Cl. The lowest BCUT2D eigenvalue weighted by Crippen LogP contribution is -2.25. The summed E-state index contributed by atoms with van der Waals surface area (Å²) in [7, 11) is 0. The highest BCUT2D eigenvalue weighted by Gasteiger charge is 2.13. The van der Waals surface area contributed by atoms with Crippen LogP contribution in [0.4, 0.5) is 0 Å². The minimum absolute atomic E-state index is 0. The molecule has 0 aliphatic rings. The van der Waals surface area contributed by atoms with Crippen LogP contribution in [-0.4, -0.2) is 25.3 Å². The van der Waals surface area contributed by atoms with Gasteiger partial charge in [-0.15, -0.1) is 24.2 Å². The Labute approximate surface area is 134 Å². The maximum atomic E-state index is 11.9. The minimum atomic E-state index is -0.177. The second kappa shape index (κ2) is 9.72. The number of benzene rings is 1. The minimum Gasteiger partial charge on any atom is -0.352 e. The molecule has 7 heteroatoms. The van der Waals surface area contributed by atoms with Gasteiger partial charge in [0.25, 0.3) is 5.91 Å². The molecule has 0 heterocycles. The van der Waals surface area contributed by atoms with Crippen molar-refractivity contribution in [2.75, 3.05) is 19.3 Å². The topological polar surface area (TPSA) is 55.1 Å². The molecular weight excluding hydrogens is 327 g/mol. The summed E-state index contributed by atoms with van der Waals surface area (Å²) in [6.07, 6.45) is 3.66. The average Bonchev–Trinajstić information content (AvgIpc) is 2.34. The summed E-state index contributed by atoms with van der Waals surface area (Å²) in [5.41, 5.74) is 5.84. The average molecular weight is 344 g/mol. The van der Waals surface area contributed by atoms with Crippen LogP contribution in [0.25, 0.3) is 0 Å². The van der Waals surface area contributed by atoms with Crippen molar-refractivity contribution in [2.24, 2.45) is 5.73 Å². The van der Waals surface area contributed by atoms with Crippen LogP contribution in [0.1, 0.15) is 23.2 Å². The van der Waals surface area contributed by atoms with Crippen molar-refractivity contribution in [2.45, 2.75) is 17.7 Å². The first-order valence-electron chi connectivity index (χ1n) is 5.61. The Bertz CT molecular complexity index is 430. The van der Waals surface area contributed by atoms with Crippen molar-refractivity contribution in [3.05, 3.63) is 27.7 Å². The lowest BCUT2D eigenvalue weighted by molar-refractivity contribution is 0.0953. The fourth-order valence-electron chi connectivity index (χ4n) is 1.43. The summed E-state index contributed by atoms with van der Waals surface area (Å²) in [5, 5.41) is 3.75. The van der Waals surface area contributed by atoms with Crippen molar-refractivity contribution in [1.29, 1.82) is 0 Å². The molecule has 19 heavy (non-hydrogen) atoms. The van der Waals surface area contributed by atoms with Crippen molar-refractivity contribution < 1.29 is 4.79 Å². The van der Waals surface area contributed by atoms with Crippen molar-refractivity contribution >= 4 is 53.3 Å². The first kappa shape index (κ1) is 18.9. The number of nitrogens with one attached hydrogen (secondary N) is 1. The van der Waals surface area contributed by atoms with Crippen LogP contribution in [0, 0.1) is 0 Å². The van der Waals surface area contributed by atoms with E-state index in [9.17, 15) is 4.79 Å². The number of thioether (sulfide) groups is 1. The smallest absolute Gasteiger partial charge is 0.252 e. The fraction of sp³-hybridized carbons (Fsp3) is 0.417. The lowest BCUT2D eigenvalue weighted by Gasteiger charge is -2.09.